The minimum Gasteiger partial charge on any atom is -0.394 e. The molecule has 0 aliphatic carbocycles. The predicted octanol–water partition coefficient (Wildman–Crippen LogP) is -0.167. The highest BCUT2D eigenvalue weighted by Gasteiger charge is 2.11. The molecule has 0 bridgehead atoms. The van der Waals surface area contributed by atoms with Crippen molar-refractivity contribution in [2.24, 2.45) is 0 Å². The van der Waals surface area contributed by atoms with Gasteiger partial charge in [-0.1, -0.05) is 0 Å². The van der Waals surface area contributed by atoms with E-state index in [-0.39, 0.29) is 6.61 Å². The molecule has 2 N–H and O–H groups in total. The van der Waals surface area contributed by atoms with E-state index in [0.29, 0.717) is 66.1 Å². The van der Waals surface area contributed by atoms with Gasteiger partial charge in [0, 0.05) is 0 Å². The molecule has 128 valence electrons. The Morgan fingerprint density at radius 3 is 1.29 bits per heavy atom. The lowest BCUT2D eigenvalue weighted by Gasteiger charge is -2.16. The largest absolute Gasteiger partial charge is 0.394 e. The quantitative estimate of drug-likeness (QED) is 0.383. The average Bonchev–Trinajstić information content (AvgIpc) is 2.42. The fourth-order valence-corrected chi connectivity index (χ4v) is 1.27. The molecule has 0 radical (unpaired) electrons. The van der Waals surface area contributed by atoms with Crippen molar-refractivity contribution in [3.63, 3.8) is 0 Å². The van der Waals surface area contributed by atoms with E-state index in [2.05, 4.69) is 0 Å². The standard InChI is InChI=1S/C14H30O7/c1-14(2,16)13-21-12-11-20-10-9-19-8-7-18-6-5-17-4-3-15/h15-16H,3-13H2,1-2H3. The van der Waals surface area contributed by atoms with Crippen molar-refractivity contribution in [3.8, 4) is 0 Å². The summed E-state index contributed by atoms with van der Waals surface area (Å²) in [5, 5.41) is 17.9. The normalized spacial score (nSPS) is 12.0. The highest BCUT2D eigenvalue weighted by molar-refractivity contribution is 4.62. The van der Waals surface area contributed by atoms with Crippen LogP contribution < -0.4 is 0 Å². The van der Waals surface area contributed by atoms with Gasteiger partial charge in [-0.2, -0.15) is 0 Å². The van der Waals surface area contributed by atoms with Gasteiger partial charge in [0.15, 0.2) is 0 Å². The van der Waals surface area contributed by atoms with Gasteiger partial charge < -0.3 is 33.9 Å². The Bertz CT molecular complexity index is 206. The molecule has 0 aliphatic rings. The van der Waals surface area contributed by atoms with Gasteiger partial charge >= 0.3 is 0 Å². The minimum absolute atomic E-state index is 0.0336. The van der Waals surface area contributed by atoms with Crippen LogP contribution in [-0.4, -0.2) is 88.5 Å². The van der Waals surface area contributed by atoms with Crippen molar-refractivity contribution in [1.82, 2.24) is 0 Å². The molecule has 7 heteroatoms. The number of hydrogen-bond acceptors (Lipinski definition) is 7. The van der Waals surface area contributed by atoms with E-state index in [1.807, 2.05) is 0 Å². The van der Waals surface area contributed by atoms with Crippen LogP contribution in [-0.2, 0) is 23.7 Å². The van der Waals surface area contributed by atoms with Crippen LogP contribution in [0.2, 0.25) is 0 Å². The zero-order valence-corrected chi connectivity index (χ0v) is 13.2. The summed E-state index contributed by atoms with van der Waals surface area (Å²) in [6.45, 7) is 8.03. The third-order valence-corrected chi connectivity index (χ3v) is 2.18. The smallest absolute Gasteiger partial charge is 0.0824 e. The SMILES string of the molecule is CC(C)(O)COCCOCCOCCOCCOCCO. The number of rotatable bonds is 16. The van der Waals surface area contributed by atoms with E-state index < -0.39 is 5.60 Å². The first-order chi connectivity index (χ1) is 10.1. The van der Waals surface area contributed by atoms with Crippen LogP contribution in [0.5, 0.6) is 0 Å². The minimum atomic E-state index is -0.799. The van der Waals surface area contributed by atoms with Crippen molar-refractivity contribution >= 4 is 0 Å². The molecule has 0 aromatic heterocycles. The lowest BCUT2D eigenvalue weighted by Crippen LogP contribution is -2.27. The van der Waals surface area contributed by atoms with Crippen molar-refractivity contribution in [2.75, 3.05) is 72.7 Å². The molecule has 0 spiro atoms. The summed E-state index contributed by atoms with van der Waals surface area (Å²) >= 11 is 0. The summed E-state index contributed by atoms with van der Waals surface area (Å²) < 4.78 is 26.1. The van der Waals surface area contributed by atoms with E-state index in [1.54, 1.807) is 13.8 Å². The van der Waals surface area contributed by atoms with Gasteiger partial charge in [0.05, 0.1) is 78.3 Å². The Morgan fingerprint density at radius 1 is 0.619 bits per heavy atom. The fourth-order valence-electron chi connectivity index (χ4n) is 1.27. The second-order valence-corrected chi connectivity index (χ2v) is 5.04. The van der Waals surface area contributed by atoms with E-state index >= 15 is 0 Å². The van der Waals surface area contributed by atoms with E-state index in [0.717, 1.165) is 0 Å². The van der Waals surface area contributed by atoms with Crippen molar-refractivity contribution in [3.05, 3.63) is 0 Å². The van der Waals surface area contributed by atoms with Gasteiger partial charge in [0.25, 0.3) is 0 Å². The van der Waals surface area contributed by atoms with Gasteiger partial charge in [-0.15, -0.1) is 0 Å². The highest BCUT2D eigenvalue weighted by atomic mass is 16.6. The summed E-state index contributed by atoms with van der Waals surface area (Å²) in [6, 6.07) is 0. The number of aliphatic hydroxyl groups excluding tert-OH is 1. The Balaban J connectivity index is 3.00. The van der Waals surface area contributed by atoms with Gasteiger partial charge in [-0.25, -0.2) is 0 Å². The van der Waals surface area contributed by atoms with Crippen LogP contribution in [0, 0.1) is 0 Å². The molecule has 7 nitrogen and oxygen atoms in total. The molecular weight excluding hydrogens is 280 g/mol. The fraction of sp³-hybridized carbons (Fsp3) is 1.00. The van der Waals surface area contributed by atoms with Gasteiger partial charge in [0.2, 0.25) is 0 Å². The van der Waals surface area contributed by atoms with Crippen LogP contribution >= 0.6 is 0 Å². The first-order valence-electron chi connectivity index (χ1n) is 7.28. The molecule has 0 fully saturated rings. The van der Waals surface area contributed by atoms with Crippen molar-refractivity contribution in [2.45, 2.75) is 19.4 Å². The second-order valence-electron chi connectivity index (χ2n) is 5.04. The van der Waals surface area contributed by atoms with Gasteiger partial charge in [-0.3, -0.25) is 0 Å². The second kappa shape index (κ2) is 14.6. The third kappa shape index (κ3) is 19.7. The summed E-state index contributed by atoms with van der Waals surface area (Å²) in [4.78, 5) is 0. The number of aliphatic hydroxyl groups is 2. The van der Waals surface area contributed by atoms with Crippen LogP contribution in [0.4, 0.5) is 0 Å². The van der Waals surface area contributed by atoms with E-state index in [9.17, 15) is 5.11 Å². The monoisotopic (exact) mass is 310 g/mol. The lowest BCUT2D eigenvalue weighted by molar-refractivity contribution is -0.0448. The molecule has 0 amide bonds. The molecule has 0 rings (SSSR count). The Hall–Kier alpha value is -0.280. The summed E-state index contributed by atoms with van der Waals surface area (Å²) in [5.41, 5.74) is -0.799. The first-order valence-corrected chi connectivity index (χ1v) is 7.28. The first kappa shape index (κ1) is 20.7. The van der Waals surface area contributed by atoms with Crippen molar-refractivity contribution < 1.29 is 33.9 Å². The molecule has 0 aromatic rings. The number of hydrogen-bond donors (Lipinski definition) is 2. The molecule has 0 aromatic carbocycles. The van der Waals surface area contributed by atoms with Crippen molar-refractivity contribution in [1.29, 1.82) is 0 Å². The molecular formula is C14H30O7. The zero-order valence-electron chi connectivity index (χ0n) is 13.2. The molecule has 0 unspecified atom stereocenters. The number of ether oxygens (including phenoxy) is 5. The lowest BCUT2D eigenvalue weighted by atomic mass is 10.2. The summed E-state index contributed by atoms with van der Waals surface area (Å²) in [7, 11) is 0. The van der Waals surface area contributed by atoms with E-state index in [4.69, 9.17) is 28.8 Å². The molecule has 0 saturated carbocycles. The molecule has 0 aliphatic heterocycles. The maximum absolute atomic E-state index is 9.40. The summed E-state index contributed by atoms with van der Waals surface area (Å²) in [6.07, 6.45) is 0. The Morgan fingerprint density at radius 2 is 0.952 bits per heavy atom. The predicted molar refractivity (Wildman–Crippen MR) is 77.5 cm³/mol. The third-order valence-electron chi connectivity index (χ3n) is 2.18. The topological polar surface area (TPSA) is 86.6 Å². The van der Waals surface area contributed by atoms with E-state index in [1.165, 1.54) is 0 Å². The molecule has 21 heavy (non-hydrogen) atoms. The van der Waals surface area contributed by atoms with Crippen LogP contribution in [0.15, 0.2) is 0 Å². The zero-order chi connectivity index (χ0) is 15.8. The maximum Gasteiger partial charge on any atom is 0.0824 e. The van der Waals surface area contributed by atoms with Gasteiger partial charge in [-0.05, 0) is 13.8 Å². The van der Waals surface area contributed by atoms with Gasteiger partial charge in [0.1, 0.15) is 0 Å². The average molecular weight is 310 g/mol. The summed E-state index contributed by atoms with van der Waals surface area (Å²) in [5.74, 6) is 0. The maximum atomic E-state index is 9.40. The highest BCUT2D eigenvalue weighted by Crippen LogP contribution is 2.00. The van der Waals surface area contributed by atoms with Crippen LogP contribution in [0.3, 0.4) is 0 Å². The van der Waals surface area contributed by atoms with Crippen LogP contribution in [0.25, 0.3) is 0 Å². The molecule has 0 heterocycles. The van der Waals surface area contributed by atoms with Crippen LogP contribution in [0.1, 0.15) is 13.8 Å². The molecule has 0 saturated heterocycles. The Labute approximate surface area is 127 Å². The molecule has 0 atom stereocenters. The Kier molecular flexibility index (Phi) is 14.5.